The number of benzene rings is 1. The number of rotatable bonds is 3. The lowest BCUT2D eigenvalue weighted by Crippen LogP contribution is -2.07. The smallest absolute Gasteiger partial charge is 0.209 e. The van der Waals surface area contributed by atoms with Gasteiger partial charge in [-0.1, -0.05) is 30.0 Å². The molecule has 15 heavy (non-hydrogen) atoms. The molecule has 2 aromatic rings. The van der Waals surface area contributed by atoms with Crippen LogP contribution in [0.15, 0.2) is 35.7 Å². The zero-order chi connectivity index (χ0) is 10.7. The minimum atomic E-state index is -0.215. The normalized spacial score (nSPS) is 10.5. The van der Waals surface area contributed by atoms with Crippen LogP contribution < -0.4 is 5.84 Å². The number of nitrogens with zero attached hydrogens (tertiary/aromatic N) is 3. The second kappa shape index (κ2) is 4.31. The van der Waals surface area contributed by atoms with Gasteiger partial charge in [0.05, 0.1) is 0 Å². The van der Waals surface area contributed by atoms with Crippen LogP contribution in [0.3, 0.4) is 0 Å². The maximum absolute atomic E-state index is 13.2. The highest BCUT2D eigenvalue weighted by Gasteiger charge is 2.05. The van der Waals surface area contributed by atoms with Gasteiger partial charge in [0.15, 0.2) is 0 Å². The SMILES string of the molecule is Nn1cnnc1SCc1ccccc1F. The monoisotopic (exact) mass is 224 g/mol. The van der Waals surface area contributed by atoms with Crippen molar-refractivity contribution in [3.05, 3.63) is 42.0 Å². The third-order valence-corrected chi connectivity index (χ3v) is 2.86. The summed E-state index contributed by atoms with van der Waals surface area (Å²) in [5.74, 6) is 5.79. The van der Waals surface area contributed by atoms with Gasteiger partial charge in [-0.2, -0.15) is 0 Å². The molecule has 0 aliphatic carbocycles. The molecule has 1 aromatic carbocycles. The second-order valence-electron chi connectivity index (χ2n) is 2.90. The highest BCUT2D eigenvalue weighted by Crippen LogP contribution is 2.20. The van der Waals surface area contributed by atoms with Crippen LogP contribution in [-0.4, -0.2) is 14.9 Å². The van der Waals surface area contributed by atoms with E-state index in [4.69, 9.17) is 5.84 Å². The molecule has 0 amide bonds. The zero-order valence-corrected chi connectivity index (χ0v) is 8.62. The molecule has 0 fully saturated rings. The van der Waals surface area contributed by atoms with E-state index in [-0.39, 0.29) is 5.82 Å². The fraction of sp³-hybridized carbons (Fsp3) is 0.111. The predicted octanol–water partition coefficient (Wildman–Crippen LogP) is 1.42. The number of nitrogens with two attached hydrogens (primary N) is 1. The molecular formula is C9H9FN4S. The van der Waals surface area contributed by atoms with Gasteiger partial charge in [0.25, 0.3) is 0 Å². The summed E-state index contributed by atoms with van der Waals surface area (Å²) in [6, 6.07) is 6.63. The highest BCUT2D eigenvalue weighted by atomic mass is 32.2. The largest absolute Gasteiger partial charge is 0.336 e. The number of nitrogen functional groups attached to an aromatic ring is 1. The van der Waals surface area contributed by atoms with E-state index < -0.39 is 0 Å². The van der Waals surface area contributed by atoms with Crippen LogP contribution in [0.1, 0.15) is 5.56 Å². The molecule has 6 heteroatoms. The van der Waals surface area contributed by atoms with Gasteiger partial charge in [0.1, 0.15) is 12.1 Å². The minimum absolute atomic E-state index is 0.215. The lowest BCUT2D eigenvalue weighted by Gasteiger charge is -2.01. The summed E-state index contributed by atoms with van der Waals surface area (Å²) in [6.07, 6.45) is 1.41. The molecule has 0 saturated carbocycles. The molecular weight excluding hydrogens is 215 g/mol. The first kappa shape index (κ1) is 9.97. The third kappa shape index (κ3) is 2.27. The first-order valence-electron chi connectivity index (χ1n) is 4.28. The van der Waals surface area contributed by atoms with Crippen molar-refractivity contribution in [2.45, 2.75) is 10.9 Å². The van der Waals surface area contributed by atoms with E-state index in [9.17, 15) is 4.39 Å². The maximum Gasteiger partial charge on any atom is 0.209 e. The summed E-state index contributed by atoms with van der Waals surface area (Å²) in [6.45, 7) is 0. The Hall–Kier alpha value is -1.56. The molecule has 0 unspecified atom stereocenters. The van der Waals surface area contributed by atoms with Gasteiger partial charge in [-0.25, -0.2) is 9.07 Å². The van der Waals surface area contributed by atoms with Gasteiger partial charge in [-0.15, -0.1) is 10.2 Å². The predicted molar refractivity (Wildman–Crippen MR) is 56.1 cm³/mol. The van der Waals surface area contributed by atoms with Crippen molar-refractivity contribution in [3.8, 4) is 0 Å². The molecule has 4 nitrogen and oxygen atoms in total. The van der Waals surface area contributed by atoms with Crippen LogP contribution in [0.25, 0.3) is 0 Å². The number of hydrogen-bond donors (Lipinski definition) is 1. The summed E-state index contributed by atoms with van der Waals surface area (Å²) < 4.78 is 14.5. The Morgan fingerprint density at radius 2 is 2.20 bits per heavy atom. The van der Waals surface area contributed by atoms with E-state index in [1.54, 1.807) is 18.2 Å². The van der Waals surface area contributed by atoms with Gasteiger partial charge in [-0.3, -0.25) is 0 Å². The molecule has 0 radical (unpaired) electrons. The van der Waals surface area contributed by atoms with E-state index in [1.165, 1.54) is 28.8 Å². The molecule has 0 aliphatic rings. The number of halogens is 1. The summed E-state index contributed by atoms with van der Waals surface area (Å²) in [4.78, 5) is 0. The van der Waals surface area contributed by atoms with Gasteiger partial charge < -0.3 is 5.84 Å². The maximum atomic E-state index is 13.2. The van der Waals surface area contributed by atoms with E-state index in [0.717, 1.165) is 0 Å². The molecule has 0 atom stereocenters. The van der Waals surface area contributed by atoms with Gasteiger partial charge in [0.2, 0.25) is 5.16 Å². The Morgan fingerprint density at radius 3 is 2.87 bits per heavy atom. The fourth-order valence-corrected chi connectivity index (χ4v) is 1.91. The van der Waals surface area contributed by atoms with Crippen molar-refractivity contribution >= 4 is 11.8 Å². The Balaban J connectivity index is 2.06. The van der Waals surface area contributed by atoms with Gasteiger partial charge >= 0.3 is 0 Å². The van der Waals surface area contributed by atoms with Gasteiger partial charge in [-0.05, 0) is 11.6 Å². The summed E-state index contributed by atoms with van der Waals surface area (Å²) in [7, 11) is 0. The fourth-order valence-electron chi connectivity index (χ4n) is 1.09. The van der Waals surface area contributed by atoms with Crippen molar-refractivity contribution in [1.29, 1.82) is 0 Å². The average Bonchev–Trinajstić information content (AvgIpc) is 2.63. The second-order valence-corrected chi connectivity index (χ2v) is 3.84. The van der Waals surface area contributed by atoms with Gasteiger partial charge in [0, 0.05) is 5.75 Å². The Bertz CT molecular complexity index is 457. The molecule has 1 heterocycles. The van der Waals surface area contributed by atoms with E-state index in [2.05, 4.69) is 10.2 Å². The Labute approximate surface area is 90.3 Å². The average molecular weight is 224 g/mol. The third-order valence-electron chi connectivity index (χ3n) is 1.85. The Morgan fingerprint density at radius 1 is 1.40 bits per heavy atom. The lowest BCUT2D eigenvalue weighted by molar-refractivity contribution is 0.617. The molecule has 78 valence electrons. The van der Waals surface area contributed by atoms with E-state index >= 15 is 0 Å². The molecule has 0 saturated heterocycles. The van der Waals surface area contributed by atoms with Crippen molar-refractivity contribution in [2.75, 3.05) is 5.84 Å². The standard InChI is InChI=1S/C9H9FN4S/c10-8-4-2-1-3-7(8)5-15-9-13-12-6-14(9)11/h1-4,6H,5,11H2. The lowest BCUT2D eigenvalue weighted by atomic mass is 10.2. The molecule has 2 N–H and O–H groups in total. The Kier molecular flexibility index (Phi) is 2.86. The quantitative estimate of drug-likeness (QED) is 0.633. The van der Waals surface area contributed by atoms with E-state index in [1.807, 2.05) is 0 Å². The summed E-state index contributed by atoms with van der Waals surface area (Å²) in [5.41, 5.74) is 0.630. The van der Waals surface area contributed by atoms with Crippen LogP contribution in [0, 0.1) is 5.82 Å². The zero-order valence-electron chi connectivity index (χ0n) is 7.80. The van der Waals surface area contributed by atoms with Crippen LogP contribution in [0.2, 0.25) is 0 Å². The highest BCUT2D eigenvalue weighted by molar-refractivity contribution is 7.98. The van der Waals surface area contributed by atoms with Crippen LogP contribution in [0.5, 0.6) is 0 Å². The summed E-state index contributed by atoms with van der Waals surface area (Å²) in [5, 5.41) is 7.99. The molecule has 2 rings (SSSR count). The van der Waals surface area contributed by atoms with Crippen LogP contribution in [0.4, 0.5) is 4.39 Å². The van der Waals surface area contributed by atoms with Crippen molar-refractivity contribution < 1.29 is 4.39 Å². The number of thioether (sulfide) groups is 1. The first-order valence-corrected chi connectivity index (χ1v) is 5.27. The summed E-state index contributed by atoms with van der Waals surface area (Å²) >= 11 is 1.35. The topological polar surface area (TPSA) is 56.7 Å². The molecule has 0 bridgehead atoms. The van der Waals surface area contributed by atoms with Crippen LogP contribution >= 0.6 is 11.8 Å². The molecule has 0 aliphatic heterocycles. The minimum Gasteiger partial charge on any atom is -0.336 e. The van der Waals surface area contributed by atoms with Crippen molar-refractivity contribution in [1.82, 2.24) is 14.9 Å². The van der Waals surface area contributed by atoms with E-state index in [0.29, 0.717) is 16.5 Å². The van der Waals surface area contributed by atoms with Crippen molar-refractivity contribution in [3.63, 3.8) is 0 Å². The number of aromatic nitrogens is 3. The van der Waals surface area contributed by atoms with Crippen molar-refractivity contribution in [2.24, 2.45) is 0 Å². The number of hydrogen-bond acceptors (Lipinski definition) is 4. The van der Waals surface area contributed by atoms with Crippen LogP contribution in [-0.2, 0) is 5.75 Å². The first-order chi connectivity index (χ1) is 7.27. The molecule has 0 spiro atoms. The molecule has 1 aromatic heterocycles.